The van der Waals surface area contributed by atoms with Gasteiger partial charge in [0.25, 0.3) is 0 Å². The predicted octanol–water partition coefficient (Wildman–Crippen LogP) is 11.7. The van der Waals surface area contributed by atoms with Gasteiger partial charge >= 0.3 is 0 Å². The second-order valence-corrected chi connectivity index (χ2v) is 12.7. The lowest BCUT2D eigenvalue weighted by molar-refractivity contribution is 0.630. The highest BCUT2D eigenvalue weighted by molar-refractivity contribution is 6.14. The van der Waals surface area contributed by atoms with Gasteiger partial charge in [-0.1, -0.05) is 105 Å². The first kappa shape index (κ1) is 25.9. The zero-order valence-electron chi connectivity index (χ0n) is 25.4. The number of para-hydroxylation sites is 3. The molecule has 2 heterocycles. The molecule has 2 nitrogen and oxygen atoms in total. The second kappa shape index (κ2) is 9.70. The van der Waals surface area contributed by atoms with Crippen LogP contribution in [0.3, 0.4) is 0 Å². The minimum absolute atomic E-state index is 0.158. The number of hydrogen-bond donors (Lipinski definition) is 0. The van der Waals surface area contributed by atoms with Crippen molar-refractivity contribution in [3.8, 4) is 16.8 Å². The van der Waals surface area contributed by atoms with Crippen molar-refractivity contribution in [1.29, 1.82) is 0 Å². The molecule has 0 unspecified atom stereocenters. The fourth-order valence-electron chi connectivity index (χ4n) is 7.48. The Kier molecular flexibility index (Phi) is 5.58. The van der Waals surface area contributed by atoms with Gasteiger partial charge in [0.1, 0.15) is 0 Å². The molecule has 0 radical (unpaired) electrons. The van der Waals surface area contributed by atoms with Crippen LogP contribution in [-0.4, -0.2) is 4.57 Å². The lowest BCUT2D eigenvalue weighted by atomic mass is 9.74. The summed E-state index contributed by atoms with van der Waals surface area (Å²) in [7, 11) is 0. The Bertz CT molecular complexity index is 2360. The van der Waals surface area contributed by atoms with E-state index < -0.39 is 0 Å². The first-order valence-electron chi connectivity index (χ1n) is 15.7. The van der Waals surface area contributed by atoms with Gasteiger partial charge in [-0.25, -0.2) is 0 Å². The second-order valence-electron chi connectivity index (χ2n) is 12.7. The molecule has 0 saturated heterocycles. The number of hydrogen-bond acceptors (Lipinski definition) is 1. The van der Waals surface area contributed by atoms with Gasteiger partial charge < -0.3 is 9.47 Å². The van der Waals surface area contributed by atoms with Gasteiger partial charge in [0, 0.05) is 33.2 Å². The summed E-state index contributed by atoms with van der Waals surface area (Å²) in [6.07, 6.45) is 0. The van der Waals surface area contributed by atoms with Crippen molar-refractivity contribution in [3.05, 3.63) is 169 Å². The molecule has 0 bridgehead atoms. The van der Waals surface area contributed by atoms with Gasteiger partial charge in [-0.3, -0.25) is 0 Å². The largest absolute Gasteiger partial charge is 0.310 e. The molecule has 0 atom stereocenters. The van der Waals surface area contributed by atoms with Crippen molar-refractivity contribution in [3.63, 3.8) is 0 Å². The van der Waals surface area contributed by atoms with E-state index in [1.54, 1.807) is 0 Å². The molecule has 0 fully saturated rings. The van der Waals surface area contributed by atoms with Gasteiger partial charge in [0.05, 0.1) is 16.7 Å². The van der Waals surface area contributed by atoms with E-state index in [0.29, 0.717) is 0 Å². The monoisotopic (exact) mass is 576 g/mol. The third-order valence-electron chi connectivity index (χ3n) is 9.71. The minimum Gasteiger partial charge on any atom is -0.310 e. The standard InChI is InChI=1S/C43H32N2/c1-43(2)38-19-11-12-20-41(38)45-40-24-23-35(44(33-15-5-3-6-16-33)34-17-7-4-8-18-34)28-36(40)37-26-32(27-39(43)42(37)45)31-22-21-29-13-9-10-14-30(29)25-31/h3-28H,1-2H3. The highest BCUT2D eigenvalue weighted by Gasteiger charge is 2.35. The Balaban J connectivity index is 1.37. The van der Waals surface area contributed by atoms with Crippen LogP contribution in [0.15, 0.2) is 158 Å². The number of fused-ring (bicyclic) bond motifs is 6. The molecule has 9 rings (SSSR count). The minimum atomic E-state index is -0.158. The first-order chi connectivity index (χ1) is 22.1. The van der Waals surface area contributed by atoms with Crippen molar-refractivity contribution in [2.75, 3.05) is 4.90 Å². The van der Waals surface area contributed by atoms with E-state index >= 15 is 0 Å². The average molecular weight is 577 g/mol. The summed E-state index contributed by atoms with van der Waals surface area (Å²) >= 11 is 0. The Labute approximate surface area is 263 Å². The molecule has 0 saturated carbocycles. The Hall–Kier alpha value is -5.60. The molecule has 7 aromatic carbocycles. The van der Waals surface area contributed by atoms with Crippen molar-refractivity contribution in [1.82, 2.24) is 4.57 Å². The molecular weight excluding hydrogens is 544 g/mol. The number of aromatic nitrogens is 1. The van der Waals surface area contributed by atoms with Crippen molar-refractivity contribution >= 4 is 49.6 Å². The number of rotatable bonds is 4. The van der Waals surface area contributed by atoms with Gasteiger partial charge in [-0.2, -0.15) is 0 Å². The van der Waals surface area contributed by atoms with Gasteiger partial charge in [0.15, 0.2) is 0 Å². The molecule has 0 aliphatic carbocycles. The van der Waals surface area contributed by atoms with Crippen LogP contribution in [0, 0.1) is 0 Å². The lowest BCUT2D eigenvalue weighted by Crippen LogP contribution is -2.26. The average Bonchev–Trinajstić information content (AvgIpc) is 3.42. The first-order valence-corrected chi connectivity index (χ1v) is 15.7. The molecule has 45 heavy (non-hydrogen) atoms. The van der Waals surface area contributed by atoms with Crippen LogP contribution in [0.25, 0.3) is 49.4 Å². The molecule has 1 aliphatic heterocycles. The van der Waals surface area contributed by atoms with Crippen molar-refractivity contribution in [2.45, 2.75) is 19.3 Å². The maximum Gasteiger partial charge on any atom is 0.0582 e. The van der Waals surface area contributed by atoms with Crippen molar-refractivity contribution < 1.29 is 0 Å². The Morgan fingerprint density at radius 3 is 1.89 bits per heavy atom. The molecule has 1 aromatic heterocycles. The topological polar surface area (TPSA) is 8.17 Å². The number of benzene rings is 7. The molecular formula is C43H32N2. The maximum absolute atomic E-state index is 2.50. The van der Waals surface area contributed by atoms with Crippen LogP contribution in [0.1, 0.15) is 25.0 Å². The molecule has 214 valence electrons. The van der Waals surface area contributed by atoms with E-state index in [1.165, 1.54) is 60.5 Å². The van der Waals surface area contributed by atoms with Crippen LogP contribution in [0.4, 0.5) is 17.1 Å². The van der Waals surface area contributed by atoms with E-state index in [0.717, 1.165) is 17.1 Å². The van der Waals surface area contributed by atoms with Crippen LogP contribution in [-0.2, 0) is 5.41 Å². The predicted molar refractivity (Wildman–Crippen MR) is 191 cm³/mol. The SMILES string of the molecule is CC1(C)c2ccccc2-n2c3ccc(N(c4ccccc4)c4ccccc4)cc3c3cc(-c4ccc5ccccc5c4)cc1c32. The zero-order chi connectivity index (χ0) is 30.1. The number of anilines is 3. The fourth-order valence-corrected chi connectivity index (χ4v) is 7.48. The van der Waals surface area contributed by atoms with E-state index in [4.69, 9.17) is 0 Å². The van der Waals surface area contributed by atoms with E-state index in [2.05, 4.69) is 181 Å². The summed E-state index contributed by atoms with van der Waals surface area (Å²) in [5.41, 5.74) is 12.3. The van der Waals surface area contributed by atoms with E-state index in [9.17, 15) is 0 Å². The van der Waals surface area contributed by atoms with Gasteiger partial charge in [-0.05, 0) is 99.8 Å². The third kappa shape index (κ3) is 3.89. The summed E-state index contributed by atoms with van der Waals surface area (Å²) in [5.74, 6) is 0. The van der Waals surface area contributed by atoms with E-state index in [-0.39, 0.29) is 5.41 Å². The molecule has 8 aromatic rings. The van der Waals surface area contributed by atoms with E-state index in [1.807, 2.05) is 0 Å². The zero-order valence-corrected chi connectivity index (χ0v) is 25.4. The van der Waals surface area contributed by atoms with Gasteiger partial charge in [0.2, 0.25) is 0 Å². The van der Waals surface area contributed by atoms with Crippen molar-refractivity contribution in [2.24, 2.45) is 0 Å². The molecule has 1 aliphatic rings. The Morgan fingerprint density at radius 2 is 1.13 bits per heavy atom. The highest BCUT2D eigenvalue weighted by atomic mass is 15.1. The summed E-state index contributed by atoms with van der Waals surface area (Å²) in [6.45, 7) is 4.76. The van der Waals surface area contributed by atoms with Crippen LogP contribution < -0.4 is 4.90 Å². The summed E-state index contributed by atoms with van der Waals surface area (Å²) in [5, 5.41) is 5.08. The fraction of sp³-hybridized carbons (Fsp3) is 0.0698. The Morgan fingerprint density at radius 1 is 0.467 bits per heavy atom. The molecule has 2 heteroatoms. The summed E-state index contributed by atoms with van der Waals surface area (Å²) in [6, 6.07) is 57.6. The van der Waals surface area contributed by atoms with Crippen LogP contribution >= 0.6 is 0 Å². The quantitative estimate of drug-likeness (QED) is 0.202. The highest BCUT2D eigenvalue weighted by Crippen LogP contribution is 2.50. The van der Waals surface area contributed by atoms with Gasteiger partial charge in [-0.15, -0.1) is 0 Å². The third-order valence-corrected chi connectivity index (χ3v) is 9.71. The van der Waals surface area contributed by atoms with Crippen LogP contribution in [0.2, 0.25) is 0 Å². The summed E-state index contributed by atoms with van der Waals surface area (Å²) in [4.78, 5) is 2.36. The molecule has 0 spiro atoms. The lowest BCUT2D eigenvalue weighted by Gasteiger charge is -2.35. The maximum atomic E-state index is 2.50. The summed E-state index contributed by atoms with van der Waals surface area (Å²) < 4.78 is 2.50. The van der Waals surface area contributed by atoms with Crippen LogP contribution in [0.5, 0.6) is 0 Å². The number of nitrogens with zero attached hydrogens (tertiary/aromatic N) is 2. The molecule has 0 amide bonds. The molecule has 0 N–H and O–H groups in total. The normalized spacial score (nSPS) is 13.3. The smallest absolute Gasteiger partial charge is 0.0582 e.